The van der Waals surface area contributed by atoms with E-state index in [0.29, 0.717) is 0 Å². The Morgan fingerprint density at radius 3 is 2.14 bits per heavy atom. The minimum atomic E-state index is -0.0988. The molecule has 0 fully saturated rings. The summed E-state index contributed by atoms with van der Waals surface area (Å²) in [5, 5.41) is 6.29. The van der Waals surface area contributed by atoms with E-state index >= 15 is 0 Å². The largest absolute Gasteiger partial charge is 0.358 e. The van der Waals surface area contributed by atoms with Crippen LogP contribution in [0.2, 0.25) is 0 Å². The Labute approximate surface area is 264 Å². The molecule has 210 valence electrons. The molecule has 5 heteroatoms. The number of hydrogen-bond acceptors (Lipinski definition) is 4. The predicted molar refractivity (Wildman–Crippen MR) is 185 cm³/mol. The van der Waals surface area contributed by atoms with Gasteiger partial charge in [-0.05, 0) is 81.6 Å². The second-order valence-corrected chi connectivity index (χ2v) is 11.9. The Bertz CT molecular complexity index is 2110. The molecule has 0 spiro atoms. The van der Waals surface area contributed by atoms with Crippen molar-refractivity contribution in [2.45, 2.75) is 6.17 Å². The number of aromatic nitrogens is 2. The average Bonchev–Trinajstić information content (AvgIpc) is 3.49. The number of para-hydroxylation sites is 1. The summed E-state index contributed by atoms with van der Waals surface area (Å²) in [6.07, 6.45) is 5.52. The van der Waals surface area contributed by atoms with Crippen molar-refractivity contribution in [2.24, 2.45) is 0 Å². The van der Waals surface area contributed by atoms with E-state index in [0.717, 1.165) is 55.0 Å². The Morgan fingerprint density at radius 2 is 1.34 bits per heavy atom. The van der Waals surface area contributed by atoms with Gasteiger partial charge in [0.25, 0.3) is 0 Å². The molecule has 1 aliphatic rings. The van der Waals surface area contributed by atoms with Crippen LogP contribution in [0.15, 0.2) is 157 Å². The molecule has 1 unspecified atom stereocenters. The average molecular weight is 632 g/mol. The molecule has 2 aromatic heterocycles. The van der Waals surface area contributed by atoms with Crippen molar-refractivity contribution in [3.63, 3.8) is 0 Å². The number of nitrogens with one attached hydrogen (secondary N) is 1. The van der Waals surface area contributed by atoms with E-state index in [9.17, 15) is 0 Å². The molecule has 0 saturated heterocycles. The van der Waals surface area contributed by atoms with Gasteiger partial charge in [-0.1, -0.05) is 101 Å². The van der Waals surface area contributed by atoms with E-state index in [1.165, 1.54) is 16.3 Å². The molecule has 7 aromatic rings. The lowest BCUT2D eigenvalue weighted by atomic mass is 9.98. The number of nitrogens with zero attached hydrogens (tertiary/aromatic N) is 3. The standard InChI is InChI=1S/C39H27BrN4/c40-34-23-32(22-33(24-34)31-9-6-19-41-25-31)27-12-15-28(16-13-27)39-43-38-36(44(39)35-10-2-1-3-11-35)18-20-42-37(38)30-17-14-26-7-4-5-8-29(26)21-30/h1-25,39,43H. The van der Waals surface area contributed by atoms with Crippen molar-refractivity contribution in [1.29, 1.82) is 0 Å². The summed E-state index contributed by atoms with van der Waals surface area (Å²) in [5.74, 6) is 0. The van der Waals surface area contributed by atoms with Crippen LogP contribution in [-0.2, 0) is 0 Å². The summed E-state index contributed by atoms with van der Waals surface area (Å²) < 4.78 is 1.04. The normalized spacial score (nSPS) is 13.9. The van der Waals surface area contributed by atoms with Gasteiger partial charge in [0.2, 0.25) is 0 Å². The first-order valence-corrected chi connectivity index (χ1v) is 15.4. The number of hydrogen-bond donors (Lipinski definition) is 1. The first-order valence-electron chi connectivity index (χ1n) is 14.6. The molecule has 1 N–H and O–H groups in total. The number of rotatable bonds is 5. The van der Waals surface area contributed by atoms with E-state index in [-0.39, 0.29) is 6.17 Å². The van der Waals surface area contributed by atoms with Gasteiger partial charge in [0.05, 0.1) is 17.1 Å². The third kappa shape index (κ3) is 4.81. The van der Waals surface area contributed by atoms with Crippen LogP contribution in [0.5, 0.6) is 0 Å². The second kappa shape index (κ2) is 11.1. The number of halogens is 1. The van der Waals surface area contributed by atoms with Crippen molar-refractivity contribution in [3.8, 4) is 33.5 Å². The van der Waals surface area contributed by atoms with Gasteiger partial charge < -0.3 is 10.2 Å². The summed E-state index contributed by atoms with van der Waals surface area (Å²) in [6.45, 7) is 0. The van der Waals surface area contributed by atoms with Crippen molar-refractivity contribution in [3.05, 3.63) is 162 Å². The third-order valence-electron chi connectivity index (χ3n) is 8.24. The van der Waals surface area contributed by atoms with Crippen LogP contribution in [0, 0.1) is 0 Å². The van der Waals surface area contributed by atoms with Crippen LogP contribution < -0.4 is 10.2 Å². The van der Waals surface area contributed by atoms with E-state index in [1.54, 1.807) is 6.20 Å². The van der Waals surface area contributed by atoms with E-state index in [4.69, 9.17) is 4.98 Å². The van der Waals surface area contributed by atoms with Gasteiger partial charge in [-0.25, -0.2) is 0 Å². The molecule has 3 heterocycles. The lowest BCUT2D eigenvalue weighted by Crippen LogP contribution is -2.23. The highest BCUT2D eigenvalue weighted by Crippen LogP contribution is 2.49. The smallest absolute Gasteiger partial charge is 0.130 e. The van der Waals surface area contributed by atoms with Crippen molar-refractivity contribution >= 4 is 43.8 Å². The van der Waals surface area contributed by atoms with Gasteiger partial charge in [-0.2, -0.15) is 0 Å². The zero-order valence-electron chi connectivity index (χ0n) is 23.7. The van der Waals surface area contributed by atoms with Crippen LogP contribution in [0.3, 0.4) is 0 Å². The van der Waals surface area contributed by atoms with E-state index < -0.39 is 0 Å². The first-order chi connectivity index (χ1) is 21.7. The number of pyridine rings is 2. The molecule has 1 atom stereocenters. The third-order valence-corrected chi connectivity index (χ3v) is 8.70. The lowest BCUT2D eigenvalue weighted by molar-refractivity contribution is 0.828. The second-order valence-electron chi connectivity index (χ2n) is 11.0. The zero-order chi connectivity index (χ0) is 29.5. The summed E-state index contributed by atoms with van der Waals surface area (Å²) in [4.78, 5) is 11.6. The minimum Gasteiger partial charge on any atom is -0.358 e. The molecule has 8 rings (SSSR count). The Hall–Kier alpha value is -5.26. The highest BCUT2D eigenvalue weighted by molar-refractivity contribution is 9.10. The molecular formula is C39H27BrN4. The Morgan fingerprint density at radius 1 is 0.591 bits per heavy atom. The molecule has 4 nitrogen and oxygen atoms in total. The number of benzene rings is 5. The van der Waals surface area contributed by atoms with E-state index in [2.05, 4.69) is 159 Å². The maximum absolute atomic E-state index is 4.88. The molecule has 0 saturated carbocycles. The van der Waals surface area contributed by atoms with Crippen molar-refractivity contribution in [2.75, 3.05) is 10.2 Å². The first kappa shape index (κ1) is 26.4. The fourth-order valence-corrected chi connectivity index (χ4v) is 6.61. The quantitative estimate of drug-likeness (QED) is 0.205. The highest BCUT2D eigenvalue weighted by atomic mass is 79.9. The van der Waals surface area contributed by atoms with Crippen molar-refractivity contribution in [1.82, 2.24) is 9.97 Å². The molecule has 0 aliphatic carbocycles. The molecule has 5 aromatic carbocycles. The fraction of sp³-hybridized carbons (Fsp3) is 0.0256. The van der Waals surface area contributed by atoms with Gasteiger partial charge in [0.1, 0.15) is 6.17 Å². The predicted octanol–water partition coefficient (Wildman–Crippen LogP) is 10.7. The van der Waals surface area contributed by atoms with Crippen molar-refractivity contribution < 1.29 is 0 Å². The van der Waals surface area contributed by atoms with Crippen LogP contribution in [-0.4, -0.2) is 9.97 Å². The SMILES string of the molecule is Brc1cc(-c2ccc(C3Nc4c(ccnc4-c4ccc5ccccc5c4)N3c3ccccc3)cc2)cc(-c2cccnc2)c1. The monoisotopic (exact) mass is 630 g/mol. The van der Waals surface area contributed by atoms with Gasteiger partial charge in [-0.3, -0.25) is 9.97 Å². The highest BCUT2D eigenvalue weighted by Gasteiger charge is 2.33. The molecular weight excluding hydrogens is 604 g/mol. The van der Waals surface area contributed by atoms with Gasteiger partial charge in [0.15, 0.2) is 0 Å². The molecule has 44 heavy (non-hydrogen) atoms. The van der Waals surface area contributed by atoms with E-state index in [1.807, 2.05) is 18.5 Å². The maximum atomic E-state index is 4.88. The summed E-state index contributed by atoms with van der Waals surface area (Å²) in [6, 6.07) is 47.1. The van der Waals surface area contributed by atoms with Crippen LogP contribution >= 0.6 is 15.9 Å². The van der Waals surface area contributed by atoms with Crippen LogP contribution in [0.4, 0.5) is 17.1 Å². The molecule has 0 bridgehead atoms. The summed E-state index contributed by atoms with van der Waals surface area (Å²) in [7, 11) is 0. The molecule has 0 radical (unpaired) electrons. The lowest BCUT2D eigenvalue weighted by Gasteiger charge is -2.27. The zero-order valence-corrected chi connectivity index (χ0v) is 25.3. The summed E-state index contributed by atoms with van der Waals surface area (Å²) in [5.41, 5.74) is 11.0. The molecule has 1 aliphatic heterocycles. The topological polar surface area (TPSA) is 41.1 Å². The number of fused-ring (bicyclic) bond motifs is 2. The number of anilines is 3. The van der Waals surface area contributed by atoms with Gasteiger partial charge in [0, 0.05) is 39.9 Å². The summed E-state index contributed by atoms with van der Waals surface area (Å²) >= 11 is 3.72. The Balaban J connectivity index is 1.19. The maximum Gasteiger partial charge on any atom is 0.130 e. The van der Waals surface area contributed by atoms with Gasteiger partial charge >= 0.3 is 0 Å². The van der Waals surface area contributed by atoms with Crippen LogP contribution in [0.1, 0.15) is 11.7 Å². The minimum absolute atomic E-state index is 0.0988. The fourth-order valence-electron chi connectivity index (χ4n) is 6.11. The molecule has 0 amide bonds. The Kier molecular flexibility index (Phi) is 6.65. The van der Waals surface area contributed by atoms with Gasteiger partial charge in [-0.15, -0.1) is 0 Å². The van der Waals surface area contributed by atoms with Crippen LogP contribution in [0.25, 0.3) is 44.3 Å².